The molecule has 0 amide bonds. The van der Waals surface area contributed by atoms with Gasteiger partial charge in [0, 0.05) is 22.5 Å². The molecule has 28 heavy (non-hydrogen) atoms. The SMILES string of the molecule is COc1ccc(C(C)=O)cc1COC(=O)c1cc(C)n(Cc2ccco2)c1C. The minimum absolute atomic E-state index is 0.0188. The van der Waals surface area contributed by atoms with Gasteiger partial charge in [-0.3, -0.25) is 4.79 Å². The number of nitrogens with zero attached hydrogens (tertiary/aromatic N) is 1. The van der Waals surface area contributed by atoms with E-state index in [2.05, 4.69) is 0 Å². The molecule has 2 aromatic heterocycles. The van der Waals surface area contributed by atoms with Crippen molar-refractivity contribution in [2.75, 3.05) is 7.11 Å². The standard InChI is InChI=1S/C22H23NO5/c1-14-10-20(15(2)23(14)12-19-6-5-9-27-19)22(25)28-13-18-11-17(16(3)24)7-8-21(18)26-4/h5-11H,12-13H2,1-4H3. The largest absolute Gasteiger partial charge is 0.496 e. The van der Waals surface area contributed by atoms with Crippen LogP contribution in [-0.4, -0.2) is 23.4 Å². The van der Waals surface area contributed by atoms with Crippen molar-refractivity contribution >= 4 is 11.8 Å². The van der Waals surface area contributed by atoms with Crippen LogP contribution in [0.25, 0.3) is 0 Å². The van der Waals surface area contributed by atoms with E-state index in [1.807, 2.05) is 36.6 Å². The van der Waals surface area contributed by atoms with Crippen LogP contribution in [0.4, 0.5) is 0 Å². The zero-order valence-electron chi connectivity index (χ0n) is 16.4. The number of carbonyl (C=O) groups is 2. The van der Waals surface area contributed by atoms with E-state index in [9.17, 15) is 9.59 Å². The van der Waals surface area contributed by atoms with E-state index >= 15 is 0 Å². The molecule has 2 heterocycles. The van der Waals surface area contributed by atoms with Gasteiger partial charge in [-0.2, -0.15) is 0 Å². The minimum atomic E-state index is -0.422. The van der Waals surface area contributed by atoms with Crippen molar-refractivity contribution in [3.8, 4) is 5.75 Å². The second-order valence-corrected chi connectivity index (χ2v) is 6.61. The minimum Gasteiger partial charge on any atom is -0.496 e. The van der Waals surface area contributed by atoms with Gasteiger partial charge in [0.05, 0.1) is 25.5 Å². The highest BCUT2D eigenvalue weighted by molar-refractivity contribution is 5.94. The number of hydrogen-bond acceptors (Lipinski definition) is 5. The van der Waals surface area contributed by atoms with Gasteiger partial charge in [-0.25, -0.2) is 4.79 Å². The fourth-order valence-corrected chi connectivity index (χ4v) is 3.14. The van der Waals surface area contributed by atoms with Crippen molar-refractivity contribution < 1.29 is 23.5 Å². The molecule has 0 atom stereocenters. The molecular weight excluding hydrogens is 358 g/mol. The molecule has 0 saturated heterocycles. The van der Waals surface area contributed by atoms with Crippen LogP contribution in [-0.2, 0) is 17.9 Å². The molecule has 0 fully saturated rings. The van der Waals surface area contributed by atoms with Gasteiger partial charge in [-0.15, -0.1) is 0 Å². The lowest BCUT2D eigenvalue weighted by atomic mass is 10.1. The molecule has 0 saturated carbocycles. The number of ketones is 1. The predicted molar refractivity (Wildman–Crippen MR) is 104 cm³/mol. The summed E-state index contributed by atoms with van der Waals surface area (Å²) in [5.74, 6) is 0.902. The lowest BCUT2D eigenvalue weighted by Gasteiger charge is -2.11. The summed E-state index contributed by atoms with van der Waals surface area (Å²) in [6.45, 7) is 5.87. The number of aryl methyl sites for hydroxylation is 1. The summed E-state index contributed by atoms with van der Waals surface area (Å²) in [4.78, 5) is 24.3. The van der Waals surface area contributed by atoms with Gasteiger partial charge >= 0.3 is 5.97 Å². The summed E-state index contributed by atoms with van der Waals surface area (Å²) < 4.78 is 18.2. The Morgan fingerprint density at radius 1 is 1.14 bits per heavy atom. The second-order valence-electron chi connectivity index (χ2n) is 6.61. The number of methoxy groups -OCH3 is 1. The zero-order valence-corrected chi connectivity index (χ0v) is 16.4. The van der Waals surface area contributed by atoms with Gasteiger partial charge in [-0.05, 0) is 57.2 Å². The lowest BCUT2D eigenvalue weighted by molar-refractivity contribution is 0.0469. The van der Waals surface area contributed by atoms with Crippen LogP contribution in [0.2, 0.25) is 0 Å². The molecule has 6 nitrogen and oxygen atoms in total. The summed E-state index contributed by atoms with van der Waals surface area (Å²) in [6.07, 6.45) is 1.63. The first kappa shape index (κ1) is 19.5. The maximum absolute atomic E-state index is 12.7. The Bertz CT molecular complexity index is 998. The third kappa shape index (κ3) is 4.01. The van der Waals surface area contributed by atoms with Crippen molar-refractivity contribution in [3.05, 3.63) is 76.5 Å². The normalized spacial score (nSPS) is 10.7. The maximum Gasteiger partial charge on any atom is 0.340 e. The highest BCUT2D eigenvalue weighted by Gasteiger charge is 2.18. The number of carbonyl (C=O) groups excluding carboxylic acids is 2. The van der Waals surface area contributed by atoms with Gasteiger partial charge in [0.25, 0.3) is 0 Å². The van der Waals surface area contributed by atoms with E-state index < -0.39 is 5.97 Å². The van der Waals surface area contributed by atoms with Crippen LogP contribution >= 0.6 is 0 Å². The van der Waals surface area contributed by atoms with E-state index in [-0.39, 0.29) is 12.4 Å². The molecule has 0 aliphatic carbocycles. The molecule has 146 valence electrons. The van der Waals surface area contributed by atoms with Crippen molar-refractivity contribution in [1.29, 1.82) is 0 Å². The molecule has 3 aromatic rings. The van der Waals surface area contributed by atoms with Crippen LogP contribution < -0.4 is 4.74 Å². The van der Waals surface area contributed by atoms with Gasteiger partial charge in [0.2, 0.25) is 0 Å². The van der Waals surface area contributed by atoms with E-state index in [4.69, 9.17) is 13.9 Å². The summed E-state index contributed by atoms with van der Waals surface area (Å²) >= 11 is 0. The van der Waals surface area contributed by atoms with Crippen LogP contribution in [0.15, 0.2) is 47.1 Å². The molecule has 3 rings (SSSR count). The number of aromatic nitrogens is 1. The molecule has 0 unspecified atom stereocenters. The second kappa shape index (κ2) is 8.17. The fraction of sp³-hybridized carbons (Fsp3) is 0.273. The Labute approximate surface area is 163 Å². The summed E-state index contributed by atoms with van der Waals surface area (Å²) in [5, 5.41) is 0. The summed E-state index contributed by atoms with van der Waals surface area (Å²) in [6, 6.07) is 10.6. The van der Waals surface area contributed by atoms with Gasteiger partial charge in [0.1, 0.15) is 18.1 Å². The molecule has 1 aromatic carbocycles. The Morgan fingerprint density at radius 3 is 2.57 bits per heavy atom. The van der Waals surface area contributed by atoms with Crippen molar-refractivity contribution in [2.24, 2.45) is 0 Å². The first-order chi connectivity index (χ1) is 13.4. The highest BCUT2D eigenvalue weighted by atomic mass is 16.5. The quantitative estimate of drug-likeness (QED) is 0.450. The van der Waals surface area contributed by atoms with E-state index in [1.54, 1.807) is 24.5 Å². The maximum atomic E-state index is 12.7. The fourth-order valence-electron chi connectivity index (χ4n) is 3.14. The van der Waals surface area contributed by atoms with Crippen LogP contribution in [0, 0.1) is 13.8 Å². The van der Waals surface area contributed by atoms with Gasteiger partial charge < -0.3 is 18.5 Å². The monoisotopic (exact) mass is 381 g/mol. The van der Waals surface area contributed by atoms with Crippen LogP contribution in [0.1, 0.15) is 50.4 Å². The summed E-state index contributed by atoms with van der Waals surface area (Å²) in [5.41, 5.74) is 3.45. The highest BCUT2D eigenvalue weighted by Crippen LogP contribution is 2.23. The molecule has 0 aliphatic heterocycles. The number of hydrogen-bond donors (Lipinski definition) is 0. The van der Waals surface area contributed by atoms with Crippen molar-refractivity contribution in [1.82, 2.24) is 4.57 Å². The smallest absolute Gasteiger partial charge is 0.340 e. The van der Waals surface area contributed by atoms with E-state index in [0.717, 1.165) is 17.1 Å². The number of esters is 1. The molecule has 6 heteroatoms. The number of benzene rings is 1. The Kier molecular flexibility index (Phi) is 5.68. The molecule has 0 aliphatic rings. The predicted octanol–water partition coefficient (Wildman–Crippen LogP) is 4.31. The third-order valence-corrected chi connectivity index (χ3v) is 4.73. The van der Waals surface area contributed by atoms with Crippen molar-refractivity contribution in [2.45, 2.75) is 33.9 Å². The number of Topliss-reactive ketones (excluding diaryl/α,β-unsaturated/α-hetero) is 1. The van der Waals surface area contributed by atoms with Gasteiger partial charge in [-0.1, -0.05) is 0 Å². The number of rotatable bonds is 7. The summed E-state index contributed by atoms with van der Waals surface area (Å²) in [7, 11) is 1.54. The molecule has 0 radical (unpaired) electrons. The topological polar surface area (TPSA) is 70.7 Å². The van der Waals surface area contributed by atoms with Crippen LogP contribution in [0.3, 0.4) is 0 Å². The third-order valence-electron chi connectivity index (χ3n) is 4.73. The average molecular weight is 381 g/mol. The number of ether oxygens (including phenoxy) is 2. The van der Waals surface area contributed by atoms with Crippen molar-refractivity contribution in [3.63, 3.8) is 0 Å². The average Bonchev–Trinajstić information content (AvgIpc) is 3.29. The van der Waals surface area contributed by atoms with Gasteiger partial charge in [0.15, 0.2) is 5.78 Å². The molecule has 0 N–H and O–H groups in total. The van der Waals surface area contributed by atoms with Crippen LogP contribution in [0.5, 0.6) is 5.75 Å². The lowest BCUT2D eigenvalue weighted by Crippen LogP contribution is -2.09. The Hall–Kier alpha value is -3.28. The van der Waals surface area contributed by atoms with E-state index in [0.29, 0.717) is 29.0 Å². The zero-order chi connectivity index (χ0) is 20.3. The first-order valence-electron chi connectivity index (χ1n) is 8.94. The van der Waals surface area contributed by atoms with E-state index in [1.165, 1.54) is 14.0 Å². The first-order valence-corrected chi connectivity index (χ1v) is 8.94. The molecule has 0 spiro atoms. The Morgan fingerprint density at radius 2 is 1.93 bits per heavy atom. The molecular formula is C22H23NO5. The number of furan rings is 1. The Balaban J connectivity index is 1.77. The molecule has 0 bridgehead atoms.